The number of benzene rings is 2. The van der Waals surface area contributed by atoms with Gasteiger partial charge in [0.05, 0.1) is 17.5 Å². The maximum Gasteiger partial charge on any atom is 0.0595 e. The lowest BCUT2D eigenvalue weighted by Crippen LogP contribution is -2.38. The zero-order valence-electron chi connectivity index (χ0n) is 15.2. The minimum absolute atomic E-state index is 0.450. The van der Waals surface area contributed by atoms with Crippen molar-refractivity contribution in [1.29, 1.82) is 0 Å². The summed E-state index contributed by atoms with van der Waals surface area (Å²) in [5.41, 5.74) is 2.53. The second-order valence-electron chi connectivity index (χ2n) is 6.96. The van der Waals surface area contributed by atoms with Gasteiger partial charge in [-0.3, -0.25) is 0 Å². The third kappa shape index (κ3) is 3.89. The number of hydrogen-bond acceptors (Lipinski definition) is 4. The van der Waals surface area contributed by atoms with Crippen LogP contribution in [-0.4, -0.2) is 44.3 Å². The first-order valence-electron chi connectivity index (χ1n) is 9.34. The number of rotatable bonds is 5. The molecule has 0 unspecified atom stereocenters. The van der Waals surface area contributed by atoms with E-state index in [4.69, 9.17) is 16.3 Å². The molecule has 0 bridgehead atoms. The molecular formula is C21H25ClN2OS. The Labute approximate surface area is 165 Å². The Bertz CT molecular complexity index is 761. The van der Waals surface area contributed by atoms with E-state index in [-0.39, 0.29) is 0 Å². The highest BCUT2D eigenvalue weighted by molar-refractivity contribution is 7.99. The van der Waals surface area contributed by atoms with Crippen LogP contribution >= 0.6 is 23.4 Å². The van der Waals surface area contributed by atoms with Crippen LogP contribution in [0.1, 0.15) is 19.3 Å². The fourth-order valence-corrected chi connectivity index (χ4v) is 5.11. The lowest BCUT2D eigenvalue weighted by atomic mass is 10.1. The van der Waals surface area contributed by atoms with E-state index in [1.165, 1.54) is 21.2 Å². The summed E-state index contributed by atoms with van der Waals surface area (Å²) in [6.45, 7) is 4.44. The van der Waals surface area contributed by atoms with Crippen LogP contribution in [0, 0.1) is 0 Å². The van der Waals surface area contributed by atoms with E-state index < -0.39 is 0 Å². The molecule has 2 aromatic carbocycles. The van der Waals surface area contributed by atoms with Crippen molar-refractivity contribution in [3.8, 4) is 0 Å². The van der Waals surface area contributed by atoms with Gasteiger partial charge in [0.2, 0.25) is 0 Å². The maximum absolute atomic E-state index is 6.30. The number of piperidine rings is 1. The molecule has 0 aliphatic carbocycles. The van der Waals surface area contributed by atoms with Crippen molar-refractivity contribution in [2.24, 2.45) is 0 Å². The van der Waals surface area contributed by atoms with Crippen molar-refractivity contribution >= 4 is 34.7 Å². The predicted octanol–water partition coefficient (Wildman–Crippen LogP) is 5.44. The molecule has 1 saturated heterocycles. The Balaban J connectivity index is 1.45. The van der Waals surface area contributed by atoms with Gasteiger partial charge in [-0.1, -0.05) is 35.5 Å². The number of anilines is 2. The van der Waals surface area contributed by atoms with Crippen molar-refractivity contribution in [2.45, 2.75) is 35.2 Å². The molecule has 3 nitrogen and oxygen atoms in total. The van der Waals surface area contributed by atoms with Gasteiger partial charge in [0.1, 0.15) is 0 Å². The molecular weight excluding hydrogens is 364 g/mol. The highest BCUT2D eigenvalue weighted by Gasteiger charge is 2.24. The molecule has 0 spiro atoms. The fourth-order valence-electron chi connectivity index (χ4n) is 3.86. The lowest BCUT2D eigenvalue weighted by molar-refractivity contribution is 0.0410. The second kappa shape index (κ2) is 8.22. The Morgan fingerprint density at radius 3 is 2.62 bits per heavy atom. The number of hydrogen-bond donors (Lipinski definition) is 0. The molecule has 138 valence electrons. The first kappa shape index (κ1) is 18.2. The van der Waals surface area contributed by atoms with Crippen LogP contribution in [0.15, 0.2) is 52.3 Å². The SMILES string of the molecule is COC1CCN(CCCN2c3ccccc3Sc3ccc(Cl)cc32)CC1. The topological polar surface area (TPSA) is 15.7 Å². The molecule has 2 aromatic rings. The molecule has 4 rings (SSSR count). The van der Waals surface area contributed by atoms with Crippen molar-refractivity contribution in [3.05, 3.63) is 47.5 Å². The number of methoxy groups -OCH3 is 1. The number of halogens is 1. The van der Waals surface area contributed by atoms with E-state index in [9.17, 15) is 0 Å². The van der Waals surface area contributed by atoms with Crippen LogP contribution in [0.5, 0.6) is 0 Å². The average Bonchev–Trinajstić information content (AvgIpc) is 2.68. The molecule has 0 saturated carbocycles. The minimum Gasteiger partial charge on any atom is -0.381 e. The quantitative estimate of drug-likeness (QED) is 0.677. The van der Waals surface area contributed by atoms with Crippen LogP contribution < -0.4 is 4.90 Å². The molecule has 0 N–H and O–H groups in total. The molecule has 0 atom stereocenters. The maximum atomic E-state index is 6.30. The summed E-state index contributed by atoms with van der Waals surface area (Å²) in [6.07, 6.45) is 3.89. The fraction of sp³-hybridized carbons (Fsp3) is 0.429. The zero-order chi connectivity index (χ0) is 17.9. The van der Waals surface area contributed by atoms with Gasteiger partial charge < -0.3 is 14.5 Å². The average molecular weight is 389 g/mol. The standard InChI is InChI=1S/C21H25ClN2OS/c1-25-17-9-13-23(14-10-17)11-4-12-24-18-5-2-3-6-20(18)26-21-8-7-16(22)15-19(21)24/h2-3,5-8,15,17H,4,9-14H2,1H3. The Morgan fingerprint density at radius 1 is 1.04 bits per heavy atom. The highest BCUT2D eigenvalue weighted by atomic mass is 35.5. The van der Waals surface area contributed by atoms with Crippen LogP contribution in [0.3, 0.4) is 0 Å². The van der Waals surface area contributed by atoms with Gasteiger partial charge in [0, 0.05) is 41.6 Å². The Kier molecular flexibility index (Phi) is 5.75. The summed E-state index contributed by atoms with van der Waals surface area (Å²) in [5.74, 6) is 0. The number of fused-ring (bicyclic) bond motifs is 2. The van der Waals surface area contributed by atoms with E-state index in [1.54, 1.807) is 0 Å². The van der Waals surface area contributed by atoms with Crippen molar-refractivity contribution in [2.75, 3.05) is 38.2 Å². The van der Waals surface area contributed by atoms with Gasteiger partial charge in [-0.25, -0.2) is 0 Å². The largest absolute Gasteiger partial charge is 0.381 e. The molecule has 0 radical (unpaired) electrons. The van der Waals surface area contributed by atoms with Gasteiger partial charge in [-0.05, 0) is 56.1 Å². The number of ether oxygens (including phenoxy) is 1. The lowest BCUT2D eigenvalue weighted by Gasteiger charge is -2.35. The summed E-state index contributed by atoms with van der Waals surface area (Å²) < 4.78 is 5.48. The van der Waals surface area contributed by atoms with Crippen LogP contribution in [0.2, 0.25) is 5.02 Å². The van der Waals surface area contributed by atoms with Gasteiger partial charge in [-0.2, -0.15) is 0 Å². The first-order chi connectivity index (χ1) is 12.7. The smallest absolute Gasteiger partial charge is 0.0595 e. The molecule has 1 fully saturated rings. The molecule has 2 aliphatic rings. The second-order valence-corrected chi connectivity index (χ2v) is 8.48. The molecule has 26 heavy (non-hydrogen) atoms. The van der Waals surface area contributed by atoms with Crippen LogP contribution in [0.4, 0.5) is 11.4 Å². The van der Waals surface area contributed by atoms with Gasteiger partial charge in [0.15, 0.2) is 0 Å². The van der Waals surface area contributed by atoms with E-state index in [1.807, 2.05) is 24.9 Å². The molecule has 2 heterocycles. The van der Waals surface area contributed by atoms with E-state index in [2.05, 4.69) is 46.2 Å². The Hall–Kier alpha value is -1.20. The predicted molar refractivity (Wildman–Crippen MR) is 110 cm³/mol. The third-order valence-electron chi connectivity index (χ3n) is 5.31. The molecule has 0 aromatic heterocycles. The van der Waals surface area contributed by atoms with Crippen molar-refractivity contribution in [3.63, 3.8) is 0 Å². The number of para-hydroxylation sites is 1. The monoisotopic (exact) mass is 388 g/mol. The summed E-state index contributed by atoms with van der Waals surface area (Å²) in [6, 6.07) is 14.9. The zero-order valence-corrected chi connectivity index (χ0v) is 16.7. The van der Waals surface area contributed by atoms with Gasteiger partial charge >= 0.3 is 0 Å². The Morgan fingerprint density at radius 2 is 1.81 bits per heavy atom. The van der Waals surface area contributed by atoms with Gasteiger partial charge in [0.25, 0.3) is 0 Å². The molecule has 2 aliphatic heterocycles. The van der Waals surface area contributed by atoms with Crippen molar-refractivity contribution < 1.29 is 4.74 Å². The highest BCUT2D eigenvalue weighted by Crippen LogP contribution is 2.48. The summed E-state index contributed by atoms with van der Waals surface area (Å²) >= 11 is 8.13. The van der Waals surface area contributed by atoms with E-state index >= 15 is 0 Å². The summed E-state index contributed by atoms with van der Waals surface area (Å²) in [7, 11) is 1.83. The van der Waals surface area contributed by atoms with Crippen LogP contribution in [-0.2, 0) is 4.74 Å². The summed E-state index contributed by atoms with van der Waals surface area (Å²) in [4.78, 5) is 7.62. The third-order valence-corrected chi connectivity index (χ3v) is 6.68. The summed E-state index contributed by atoms with van der Waals surface area (Å²) in [5, 5.41) is 0.801. The van der Waals surface area contributed by atoms with E-state index in [0.717, 1.165) is 50.5 Å². The first-order valence-corrected chi connectivity index (χ1v) is 10.5. The van der Waals surface area contributed by atoms with E-state index in [0.29, 0.717) is 6.10 Å². The van der Waals surface area contributed by atoms with Gasteiger partial charge in [-0.15, -0.1) is 0 Å². The number of likely N-dealkylation sites (tertiary alicyclic amines) is 1. The molecule has 0 amide bonds. The normalized spacial score (nSPS) is 17.8. The minimum atomic E-state index is 0.450. The van der Waals surface area contributed by atoms with Crippen LogP contribution in [0.25, 0.3) is 0 Å². The number of nitrogens with zero attached hydrogens (tertiary/aromatic N) is 2. The van der Waals surface area contributed by atoms with Crippen molar-refractivity contribution in [1.82, 2.24) is 4.90 Å². The molecule has 5 heteroatoms.